The van der Waals surface area contributed by atoms with Crippen LogP contribution in [-0.4, -0.2) is 30.5 Å². The number of amides is 2. The predicted molar refractivity (Wildman–Crippen MR) is 98.4 cm³/mol. The van der Waals surface area contributed by atoms with Crippen molar-refractivity contribution in [3.8, 4) is 5.75 Å². The van der Waals surface area contributed by atoms with Crippen molar-refractivity contribution < 1.29 is 14.3 Å². The first kappa shape index (κ1) is 19.2. The van der Waals surface area contributed by atoms with Gasteiger partial charge in [-0.15, -0.1) is 0 Å². The molecule has 1 fully saturated rings. The number of hydrogen-bond acceptors (Lipinski definition) is 4. The third-order valence-corrected chi connectivity index (χ3v) is 4.44. The van der Waals surface area contributed by atoms with Gasteiger partial charge in [-0.1, -0.05) is 20.3 Å². The highest BCUT2D eigenvalue weighted by Gasteiger charge is 2.18. The number of rotatable bonds is 7. The first-order valence-corrected chi connectivity index (χ1v) is 9.05. The molecule has 138 valence electrons. The van der Waals surface area contributed by atoms with Crippen molar-refractivity contribution >= 4 is 17.5 Å². The van der Waals surface area contributed by atoms with Crippen molar-refractivity contribution in [2.24, 2.45) is 11.7 Å². The molecule has 0 bridgehead atoms. The van der Waals surface area contributed by atoms with Gasteiger partial charge in [0.2, 0.25) is 11.8 Å². The normalized spacial score (nSPS) is 16.3. The molecular weight excluding hydrogens is 318 g/mol. The fourth-order valence-electron chi connectivity index (χ4n) is 2.79. The summed E-state index contributed by atoms with van der Waals surface area (Å²) in [5.74, 6) is 0.243. The Morgan fingerprint density at radius 2 is 1.80 bits per heavy atom. The van der Waals surface area contributed by atoms with Gasteiger partial charge in [0.05, 0.1) is 18.7 Å². The lowest BCUT2D eigenvalue weighted by molar-refractivity contribution is -0.125. The summed E-state index contributed by atoms with van der Waals surface area (Å²) in [6, 6.07) is 6.72. The second-order valence-corrected chi connectivity index (χ2v) is 6.94. The largest absolute Gasteiger partial charge is 0.490 e. The third-order valence-electron chi connectivity index (χ3n) is 4.44. The number of carbonyl (C=O) groups excluding carboxylic acids is 2. The van der Waals surface area contributed by atoms with Crippen LogP contribution >= 0.6 is 0 Å². The zero-order valence-electron chi connectivity index (χ0n) is 15.1. The lowest BCUT2D eigenvalue weighted by atomic mass is 9.98. The lowest BCUT2D eigenvalue weighted by Crippen LogP contribution is -2.46. The minimum Gasteiger partial charge on any atom is -0.490 e. The van der Waals surface area contributed by atoms with Gasteiger partial charge < -0.3 is 21.1 Å². The first-order chi connectivity index (χ1) is 12.0. The molecule has 1 aliphatic rings. The van der Waals surface area contributed by atoms with Gasteiger partial charge in [0.1, 0.15) is 5.75 Å². The van der Waals surface area contributed by atoms with Crippen molar-refractivity contribution in [1.82, 2.24) is 5.32 Å². The molecule has 6 heteroatoms. The van der Waals surface area contributed by atoms with E-state index in [1.54, 1.807) is 12.1 Å². The Morgan fingerprint density at radius 3 is 2.40 bits per heavy atom. The van der Waals surface area contributed by atoms with Gasteiger partial charge in [-0.05, 0) is 55.9 Å². The Kier molecular flexibility index (Phi) is 7.25. The van der Waals surface area contributed by atoms with E-state index in [0.717, 1.165) is 18.6 Å². The van der Waals surface area contributed by atoms with Crippen molar-refractivity contribution in [3.63, 3.8) is 0 Å². The molecule has 1 saturated carbocycles. The highest BCUT2D eigenvalue weighted by Crippen LogP contribution is 2.24. The van der Waals surface area contributed by atoms with Crippen LogP contribution in [0.5, 0.6) is 5.75 Å². The second-order valence-electron chi connectivity index (χ2n) is 6.94. The highest BCUT2D eigenvalue weighted by atomic mass is 16.5. The molecular formula is C19H29N3O3. The molecule has 25 heavy (non-hydrogen) atoms. The summed E-state index contributed by atoms with van der Waals surface area (Å²) in [6.45, 7) is 3.63. The van der Waals surface area contributed by atoms with Gasteiger partial charge in [-0.3, -0.25) is 9.59 Å². The lowest BCUT2D eigenvalue weighted by Gasteiger charge is -2.23. The predicted octanol–water partition coefficient (Wildman–Crippen LogP) is 2.44. The molecule has 0 radical (unpaired) electrons. The maximum atomic E-state index is 11.9. The van der Waals surface area contributed by atoms with Crippen LogP contribution in [0.3, 0.4) is 0 Å². The van der Waals surface area contributed by atoms with Gasteiger partial charge in [0.15, 0.2) is 0 Å². The summed E-state index contributed by atoms with van der Waals surface area (Å²) in [5, 5.41) is 5.29. The number of ether oxygens (including phenoxy) is 1. The summed E-state index contributed by atoms with van der Waals surface area (Å²) < 4.78 is 5.96. The topological polar surface area (TPSA) is 93.5 Å². The van der Waals surface area contributed by atoms with E-state index in [1.807, 2.05) is 26.0 Å². The minimum absolute atomic E-state index is 0.0276. The van der Waals surface area contributed by atoms with E-state index in [1.165, 1.54) is 19.3 Å². The Labute approximate surface area is 149 Å². The van der Waals surface area contributed by atoms with Gasteiger partial charge >= 0.3 is 0 Å². The first-order valence-electron chi connectivity index (χ1n) is 9.05. The van der Waals surface area contributed by atoms with Crippen LogP contribution < -0.4 is 21.1 Å². The molecule has 0 aliphatic heterocycles. The van der Waals surface area contributed by atoms with Crippen molar-refractivity contribution in [2.75, 3.05) is 11.9 Å². The summed E-state index contributed by atoms with van der Waals surface area (Å²) >= 11 is 0. The van der Waals surface area contributed by atoms with Crippen LogP contribution in [0.25, 0.3) is 0 Å². The van der Waals surface area contributed by atoms with Crippen LogP contribution in [0.2, 0.25) is 0 Å². The number of benzene rings is 1. The fraction of sp³-hybridized carbons (Fsp3) is 0.579. The van der Waals surface area contributed by atoms with Crippen LogP contribution in [0.1, 0.15) is 46.0 Å². The van der Waals surface area contributed by atoms with Gasteiger partial charge in [-0.25, -0.2) is 0 Å². The molecule has 0 saturated heterocycles. The number of nitrogens with two attached hydrogens (primary N) is 1. The third kappa shape index (κ3) is 6.38. The number of hydrogen-bond donors (Lipinski definition) is 3. The van der Waals surface area contributed by atoms with E-state index in [-0.39, 0.29) is 24.3 Å². The molecule has 2 rings (SSSR count). The highest BCUT2D eigenvalue weighted by molar-refractivity contribution is 5.95. The van der Waals surface area contributed by atoms with E-state index >= 15 is 0 Å². The van der Waals surface area contributed by atoms with E-state index in [4.69, 9.17) is 10.5 Å². The van der Waals surface area contributed by atoms with E-state index in [0.29, 0.717) is 11.8 Å². The molecule has 0 heterocycles. The summed E-state index contributed by atoms with van der Waals surface area (Å²) in [7, 11) is 0. The van der Waals surface area contributed by atoms with Gasteiger partial charge in [0, 0.05) is 5.69 Å². The molecule has 0 spiro atoms. The monoisotopic (exact) mass is 347 g/mol. The molecule has 0 unspecified atom stereocenters. The molecule has 1 aromatic carbocycles. The van der Waals surface area contributed by atoms with Gasteiger partial charge in [0.25, 0.3) is 0 Å². The summed E-state index contributed by atoms with van der Waals surface area (Å²) in [6.07, 6.45) is 6.27. The summed E-state index contributed by atoms with van der Waals surface area (Å²) in [5.41, 5.74) is 6.40. The molecule has 1 atom stereocenters. The van der Waals surface area contributed by atoms with Gasteiger partial charge in [-0.2, -0.15) is 0 Å². The van der Waals surface area contributed by atoms with Crippen molar-refractivity contribution in [3.05, 3.63) is 24.3 Å². The molecule has 2 amide bonds. The zero-order valence-corrected chi connectivity index (χ0v) is 15.1. The molecule has 1 aliphatic carbocycles. The van der Waals surface area contributed by atoms with Crippen LogP contribution in [0.4, 0.5) is 5.69 Å². The molecule has 6 nitrogen and oxygen atoms in total. The number of anilines is 1. The van der Waals surface area contributed by atoms with Crippen LogP contribution in [0, 0.1) is 5.92 Å². The zero-order chi connectivity index (χ0) is 18.2. The Balaban J connectivity index is 1.76. The van der Waals surface area contributed by atoms with E-state index in [9.17, 15) is 9.59 Å². The Hall–Kier alpha value is -2.08. The summed E-state index contributed by atoms with van der Waals surface area (Å²) in [4.78, 5) is 23.7. The van der Waals surface area contributed by atoms with Crippen molar-refractivity contribution in [2.45, 2.75) is 58.1 Å². The fourth-order valence-corrected chi connectivity index (χ4v) is 2.79. The second kappa shape index (κ2) is 9.42. The average Bonchev–Trinajstić information content (AvgIpc) is 2.61. The smallest absolute Gasteiger partial charge is 0.243 e. The van der Waals surface area contributed by atoms with E-state index < -0.39 is 6.04 Å². The number of nitrogens with one attached hydrogen (secondary N) is 2. The SMILES string of the molecule is CC(C)[C@H](N)C(=O)NCC(=O)Nc1ccc(OC2CCCCC2)cc1. The minimum atomic E-state index is -0.607. The average molecular weight is 347 g/mol. The standard InChI is InChI=1S/C19H29N3O3/c1-13(2)18(20)19(24)21-12-17(23)22-14-8-10-16(11-9-14)25-15-6-4-3-5-7-15/h8-11,13,15,18H,3-7,12,20H2,1-2H3,(H,21,24)(H,22,23)/t18-/m0/s1. The Bertz CT molecular complexity index is 566. The van der Waals surface area contributed by atoms with E-state index in [2.05, 4.69) is 10.6 Å². The van der Waals surface area contributed by atoms with Crippen LogP contribution in [0.15, 0.2) is 24.3 Å². The Morgan fingerprint density at radius 1 is 1.16 bits per heavy atom. The maximum Gasteiger partial charge on any atom is 0.243 e. The molecule has 4 N–H and O–H groups in total. The molecule has 0 aromatic heterocycles. The number of carbonyl (C=O) groups is 2. The quantitative estimate of drug-likeness (QED) is 0.706. The van der Waals surface area contributed by atoms with Crippen LogP contribution in [-0.2, 0) is 9.59 Å². The maximum absolute atomic E-state index is 11.9. The molecule has 1 aromatic rings. The van der Waals surface area contributed by atoms with Crippen molar-refractivity contribution in [1.29, 1.82) is 0 Å².